The molecule has 0 saturated heterocycles. The second kappa shape index (κ2) is 8.01. The van der Waals surface area contributed by atoms with Gasteiger partial charge in [0.15, 0.2) is 8.32 Å². The maximum Gasteiger partial charge on any atom is 0.183 e. The van der Waals surface area contributed by atoms with Gasteiger partial charge in [0.05, 0.1) is 0 Å². The Morgan fingerprint density at radius 3 is 2.21 bits per heavy atom. The standard InChI is InChI=1S/C12H24OSi/c1-5-6-7-8-9-10-11-12-13-14(2,3)4/h6-7,9-10H,5,8,11-12H2,1-4H3/b7-6+,10-9+. The molecule has 0 aromatic rings. The minimum Gasteiger partial charge on any atom is -0.417 e. The van der Waals surface area contributed by atoms with Crippen molar-refractivity contribution in [3.8, 4) is 0 Å². The molecule has 0 aliphatic carbocycles. The van der Waals surface area contributed by atoms with E-state index in [1.54, 1.807) is 0 Å². The summed E-state index contributed by atoms with van der Waals surface area (Å²) in [5.41, 5.74) is 0. The summed E-state index contributed by atoms with van der Waals surface area (Å²) in [5.74, 6) is 0. The number of hydrogen-bond donors (Lipinski definition) is 0. The lowest BCUT2D eigenvalue weighted by Crippen LogP contribution is -2.25. The Morgan fingerprint density at radius 2 is 1.64 bits per heavy atom. The van der Waals surface area contributed by atoms with Crippen LogP contribution in [0.2, 0.25) is 19.6 Å². The van der Waals surface area contributed by atoms with E-state index in [2.05, 4.69) is 50.9 Å². The average Bonchev–Trinajstić information content (AvgIpc) is 2.08. The first-order chi connectivity index (χ1) is 6.56. The van der Waals surface area contributed by atoms with Crippen molar-refractivity contribution < 1.29 is 4.43 Å². The largest absolute Gasteiger partial charge is 0.417 e. The molecule has 0 aliphatic heterocycles. The maximum atomic E-state index is 5.73. The topological polar surface area (TPSA) is 9.23 Å². The molecule has 0 amide bonds. The Hall–Kier alpha value is -0.343. The minimum atomic E-state index is -1.29. The quantitative estimate of drug-likeness (QED) is 0.350. The van der Waals surface area contributed by atoms with Gasteiger partial charge in [-0.3, -0.25) is 0 Å². The van der Waals surface area contributed by atoms with Gasteiger partial charge in [-0.2, -0.15) is 0 Å². The molecule has 1 nitrogen and oxygen atoms in total. The minimum absolute atomic E-state index is 0.879. The van der Waals surface area contributed by atoms with Crippen molar-refractivity contribution in [1.29, 1.82) is 0 Å². The van der Waals surface area contributed by atoms with Crippen LogP contribution in [0, 0.1) is 0 Å². The molecule has 14 heavy (non-hydrogen) atoms. The van der Waals surface area contributed by atoms with E-state index in [0.29, 0.717) is 0 Å². The Labute approximate surface area is 90.0 Å². The fourth-order valence-corrected chi connectivity index (χ4v) is 1.72. The Bertz CT molecular complexity index is 177. The van der Waals surface area contributed by atoms with Crippen molar-refractivity contribution in [1.82, 2.24) is 0 Å². The first kappa shape index (κ1) is 13.7. The fraction of sp³-hybridized carbons (Fsp3) is 0.667. The zero-order valence-electron chi connectivity index (χ0n) is 10.0. The van der Waals surface area contributed by atoms with E-state index in [1.165, 1.54) is 0 Å². The van der Waals surface area contributed by atoms with Crippen molar-refractivity contribution >= 4 is 8.32 Å². The van der Waals surface area contributed by atoms with E-state index < -0.39 is 8.32 Å². The monoisotopic (exact) mass is 212 g/mol. The van der Waals surface area contributed by atoms with Crippen LogP contribution >= 0.6 is 0 Å². The smallest absolute Gasteiger partial charge is 0.183 e. The summed E-state index contributed by atoms with van der Waals surface area (Å²) >= 11 is 0. The molecule has 0 aromatic carbocycles. The average molecular weight is 212 g/mol. The van der Waals surface area contributed by atoms with Crippen LogP contribution in [-0.2, 0) is 4.43 Å². The van der Waals surface area contributed by atoms with Crippen LogP contribution < -0.4 is 0 Å². The Balaban J connectivity index is 3.32. The van der Waals surface area contributed by atoms with Crippen molar-refractivity contribution in [3.63, 3.8) is 0 Å². The predicted molar refractivity (Wildman–Crippen MR) is 67.1 cm³/mol. The summed E-state index contributed by atoms with van der Waals surface area (Å²) < 4.78 is 5.73. The highest BCUT2D eigenvalue weighted by atomic mass is 28.4. The van der Waals surface area contributed by atoms with Gasteiger partial charge in [0, 0.05) is 6.61 Å². The van der Waals surface area contributed by atoms with E-state index in [0.717, 1.165) is 25.9 Å². The lowest BCUT2D eigenvalue weighted by Gasteiger charge is -2.15. The number of hydrogen-bond acceptors (Lipinski definition) is 1. The molecule has 2 heteroatoms. The lowest BCUT2D eigenvalue weighted by molar-refractivity contribution is 0.319. The molecule has 0 atom stereocenters. The highest BCUT2D eigenvalue weighted by Crippen LogP contribution is 2.03. The molecule has 0 unspecified atom stereocenters. The van der Waals surface area contributed by atoms with Crippen LogP contribution in [0.3, 0.4) is 0 Å². The molecule has 0 spiro atoms. The molecule has 0 radical (unpaired) electrons. The highest BCUT2D eigenvalue weighted by Gasteiger charge is 2.12. The zero-order chi connectivity index (χ0) is 10.9. The second-order valence-electron chi connectivity index (χ2n) is 4.34. The van der Waals surface area contributed by atoms with Crippen LogP contribution in [-0.4, -0.2) is 14.9 Å². The fourth-order valence-electron chi connectivity index (χ4n) is 0.989. The third-order valence-electron chi connectivity index (χ3n) is 1.66. The zero-order valence-corrected chi connectivity index (χ0v) is 11.0. The second-order valence-corrected chi connectivity index (χ2v) is 8.85. The molecular formula is C12H24OSi. The van der Waals surface area contributed by atoms with Gasteiger partial charge in [-0.1, -0.05) is 31.2 Å². The highest BCUT2D eigenvalue weighted by molar-refractivity contribution is 6.69. The molecule has 0 heterocycles. The summed E-state index contributed by atoms with van der Waals surface area (Å²) in [6, 6.07) is 0. The van der Waals surface area contributed by atoms with Crippen molar-refractivity contribution in [2.24, 2.45) is 0 Å². The van der Waals surface area contributed by atoms with Crippen LogP contribution in [0.5, 0.6) is 0 Å². The summed E-state index contributed by atoms with van der Waals surface area (Å²) in [4.78, 5) is 0. The molecule has 0 aliphatic rings. The van der Waals surface area contributed by atoms with E-state index in [9.17, 15) is 0 Å². The predicted octanol–water partition coefficient (Wildman–Crippen LogP) is 4.14. The van der Waals surface area contributed by atoms with Crippen molar-refractivity contribution in [2.75, 3.05) is 6.61 Å². The van der Waals surface area contributed by atoms with Gasteiger partial charge in [0.1, 0.15) is 0 Å². The molecule has 82 valence electrons. The number of rotatable bonds is 7. The van der Waals surface area contributed by atoms with Gasteiger partial charge in [0.25, 0.3) is 0 Å². The van der Waals surface area contributed by atoms with Crippen molar-refractivity contribution in [3.05, 3.63) is 24.3 Å². The van der Waals surface area contributed by atoms with E-state index in [4.69, 9.17) is 4.43 Å². The summed E-state index contributed by atoms with van der Waals surface area (Å²) in [6.07, 6.45) is 12.1. The first-order valence-electron chi connectivity index (χ1n) is 5.50. The molecule has 0 bridgehead atoms. The summed E-state index contributed by atoms with van der Waals surface area (Å²) in [7, 11) is -1.29. The van der Waals surface area contributed by atoms with Gasteiger partial charge in [-0.05, 0) is 38.9 Å². The van der Waals surface area contributed by atoms with Gasteiger partial charge in [0.2, 0.25) is 0 Å². The van der Waals surface area contributed by atoms with Gasteiger partial charge in [-0.15, -0.1) is 0 Å². The SMILES string of the molecule is CC/C=C/C/C=C/CCO[Si](C)(C)C. The van der Waals surface area contributed by atoms with Gasteiger partial charge < -0.3 is 4.43 Å². The van der Waals surface area contributed by atoms with Gasteiger partial charge >= 0.3 is 0 Å². The molecule has 0 fully saturated rings. The van der Waals surface area contributed by atoms with Gasteiger partial charge in [-0.25, -0.2) is 0 Å². The van der Waals surface area contributed by atoms with Crippen LogP contribution in [0.15, 0.2) is 24.3 Å². The molecule has 0 aromatic heterocycles. The first-order valence-corrected chi connectivity index (χ1v) is 8.91. The van der Waals surface area contributed by atoms with E-state index in [-0.39, 0.29) is 0 Å². The Morgan fingerprint density at radius 1 is 1.00 bits per heavy atom. The van der Waals surface area contributed by atoms with Crippen molar-refractivity contribution in [2.45, 2.75) is 45.8 Å². The van der Waals surface area contributed by atoms with Crippen LogP contribution in [0.1, 0.15) is 26.2 Å². The Kier molecular flexibility index (Phi) is 7.81. The molecule has 0 rings (SSSR count). The summed E-state index contributed by atoms with van der Waals surface area (Å²) in [5, 5.41) is 0. The maximum absolute atomic E-state index is 5.73. The third kappa shape index (κ3) is 11.7. The molecular weight excluding hydrogens is 188 g/mol. The molecule has 0 saturated carbocycles. The van der Waals surface area contributed by atoms with E-state index in [1.807, 2.05) is 0 Å². The van der Waals surface area contributed by atoms with Crippen LogP contribution in [0.25, 0.3) is 0 Å². The third-order valence-corrected chi connectivity index (χ3v) is 2.73. The van der Waals surface area contributed by atoms with Crippen LogP contribution in [0.4, 0.5) is 0 Å². The van der Waals surface area contributed by atoms with E-state index >= 15 is 0 Å². The summed E-state index contributed by atoms with van der Waals surface area (Å²) in [6.45, 7) is 9.70. The normalized spacial score (nSPS) is 13.1. The lowest BCUT2D eigenvalue weighted by atomic mass is 10.3. The molecule has 0 N–H and O–H groups in total. The number of allylic oxidation sites excluding steroid dienone is 3.